The molecule has 0 atom stereocenters. The molecule has 0 saturated heterocycles. The zero-order chi connectivity index (χ0) is 13.0. The third-order valence-corrected chi connectivity index (χ3v) is 3.01. The standard InChI is InChI=1S/C13H18N4O/c1-2-3-8-16-10-17(9-13(18)15-14)12-7-5-4-6-11(12)16/h4-7,10H,2-3,8-9,14H2,1H3/p+1. The number of benzene rings is 1. The summed E-state index contributed by atoms with van der Waals surface area (Å²) in [6.45, 7) is 3.38. The lowest BCUT2D eigenvalue weighted by atomic mass is 10.3. The van der Waals surface area contributed by atoms with Crippen LogP contribution in [0.5, 0.6) is 0 Å². The third kappa shape index (κ3) is 2.51. The number of aromatic nitrogens is 2. The van der Waals surface area contributed by atoms with Gasteiger partial charge in [-0.15, -0.1) is 0 Å². The molecule has 1 aromatic heterocycles. The van der Waals surface area contributed by atoms with Gasteiger partial charge in [-0.2, -0.15) is 0 Å². The van der Waals surface area contributed by atoms with Crippen LogP contribution < -0.4 is 15.8 Å². The van der Waals surface area contributed by atoms with Crippen molar-refractivity contribution in [2.75, 3.05) is 0 Å². The van der Waals surface area contributed by atoms with Crippen molar-refractivity contribution in [1.29, 1.82) is 0 Å². The average Bonchev–Trinajstić information content (AvgIpc) is 2.75. The van der Waals surface area contributed by atoms with Crippen LogP contribution in [-0.4, -0.2) is 10.5 Å². The highest BCUT2D eigenvalue weighted by Crippen LogP contribution is 2.11. The van der Waals surface area contributed by atoms with Gasteiger partial charge < -0.3 is 0 Å². The highest BCUT2D eigenvalue weighted by Gasteiger charge is 2.16. The Hall–Kier alpha value is -1.88. The molecule has 0 aliphatic carbocycles. The zero-order valence-electron chi connectivity index (χ0n) is 10.6. The first kappa shape index (κ1) is 12.6. The molecular formula is C13H19N4O+. The fourth-order valence-electron chi connectivity index (χ4n) is 2.08. The van der Waals surface area contributed by atoms with Crippen molar-refractivity contribution in [3.05, 3.63) is 30.6 Å². The Labute approximate surface area is 106 Å². The molecule has 1 heterocycles. The number of rotatable bonds is 5. The molecule has 3 N–H and O–H groups in total. The molecule has 0 spiro atoms. The molecule has 2 rings (SSSR count). The highest BCUT2D eigenvalue weighted by molar-refractivity contribution is 5.75. The Balaban J connectivity index is 2.37. The summed E-state index contributed by atoms with van der Waals surface area (Å²) in [4.78, 5) is 11.4. The Bertz CT molecular complexity index is 547. The van der Waals surface area contributed by atoms with E-state index in [0.717, 1.165) is 30.4 Å². The summed E-state index contributed by atoms with van der Waals surface area (Å²) in [5.74, 6) is 4.94. The van der Waals surface area contributed by atoms with E-state index in [-0.39, 0.29) is 12.5 Å². The van der Waals surface area contributed by atoms with Gasteiger partial charge in [-0.25, -0.2) is 15.0 Å². The van der Waals surface area contributed by atoms with E-state index in [4.69, 9.17) is 5.84 Å². The quantitative estimate of drug-likeness (QED) is 0.354. The molecule has 0 bridgehead atoms. The lowest BCUT2D eigenvalue weighted by Crippen LogP contribution is -2.44. The number of nitrogens with zero attached hydrogens (tertiary/aromatic N) is 2. The number of para-hydroxylation sites is 2. The number of nitrogens with one attached hydrogen (secondary N) is 1. The van der Waals surface area contributed by atoms with E-state index >= 15 is 0 Å². The van der Waals surface area contributed by atoms with E-state index in [2.05, 4.69) is 23.0 Å². The SMILES string of the molecule is CCCCn1c[n+](CC(=O)NN)c2ccccc21. The largest absolute Gasteiger partial charge is 0.291 e. The van der Waals surface area contributed by atoms with Crippen LogP contribution in [0.1, 0.15) is 19.8 Å². The van der Waals surface area contributed by atoms with E-state index in [9.17, 15) is 4.79 Å². The molecule has 0 unspecified atom stereocenters. The van der Waals surface area contributed by atoms with Crippen molar-refractivity contribution in [3.63, 3.8) is 0 Å². The van der Waals surface area contributed by atoms with E-state index in [1.807, 2.05) is 29.1 Å². The number of carbonyl (C=O) groups excluding carboxylic acids is 1. The molecule has 0 radical (unpaired) electrons. The molecule has 1 aromatic carbocycles. The second-order valence-electron chi connectivity index (χ2n) is 4.35. The molecule has 18 heavy (non-hydrogen) atoms. The lowest BCUT2D eigenvalue weighted by Gasteiger charge is -1.95. The summed E-state index contributed by atoms with van der Waals surface area (Å²) < 4.78 is 4.11. The van der Waals surface area contributed by atoms with Crippen LogP contribution in [0.3, 0.4) is 0 Å². The molecule has 0 aliphatic rings. The number of hydrogen-bond donors (Lipinski definition) is 2. The van der Waals surface area contributed by atoms with Crippen LogP contribution in [0.25, 0.3) is 11.0 Å². The van der Waals surface area contributed by atoms with Crippen molar-refractivity contribution in [2.24, 2.45) is 5.84 Å². The minimum atomic E-state index is -0.196. The van der Waals surface area contributed by atoms with Crippen molar-refractivity contribution in [1.82, 2.24) is 9.99 Å². The number of nitrogens with two attached hydrogens (primary N) is 1. The van der Waals surface area contributed by atoms with Crippen LogP contribution in [0.15, 0.2) is 30.6 Å². The summed E-state index contributed by atoms with van der Waals surface area (Å²) in [7, 11) is 0. The number of hydrazine groups is 1. The van der Waals surface area contributed by atoms with Gasteiger partial charge in [0, 0.05) is 0 Å². The van der Waals surface area contributed by atoms with Gasteiger partial charge in [0.25, 0.3) is 5.91 Å². The van der Waals surface area contributed by atoms with Crippen molar-refractivity contribution < 1.29 is 9.36 Å². The summed E-state index contributed by atoms with van der Waals surface area (Å²) >= 11 is 0. The molecule has 96 valence electrons. The zero-order valence-corrected chi connectivity index (χ0v) is 10.6. The first-order chi connectivity index (χ1) is 8.76. The average molecular weight is 247 g/mol. The van der Waals surface area contributed by atoms with Gasteiger partial charge in [0.1, 0.15) is 0 Å². The van der Waals surface area contributed by atoms with Gasteiger partial charge in [-0.1, -0.05) is 25.5 Å². The maximum absolute atomic E-state index is 11.4. The lowest BCUT2D eigenvalue weighted by molar-refractivity contribution is -0.659. The number of unbranched alkanes of at least 4 members (excludes halogenated alkanes) is 1. The monoisotopic (exact) mass is 247 g/mol. The third-order valence-electron chi connectivity index (χ3n) is 3.01. The summed E-state index contributed by atoms with van der Waals surface area (Å²) in [5.41, 5.74) is 4.36. The number of amides is 1. The van der Waals surface area contributed by atoms with Gasteiger partial charge >= 0.3 is 0 Å². The van der Waals surface area contributed by atoms with Crippen molar-refractivity contribution in [3.8, 4) is 0 Å². The van der Waals surface area contributed by atoms with Crippen molar-refractivity contribution in [2.45, 2.75) is 32.9 Å². The Morgan fingerprint density at radius 1 is 1.44 bits per heavy atom. The van der Waals surface area contributed by atoms with Crippen LogP contribution in [-0.2, 0) is 17.9 Å². The van der Waals surface area contributed by atoms with Gasteiger partial charge in [0.05, 0.1) is 6.54 Å². The maximum Gasteiger partial charge on any atom is 0.276 e. The summed E-state index contributed by atoms with van der Waals surface area (Å²) in [6, 6.07) is 8.07. The second-order valence-corrected chi connectivity index (χ2v) is 4.35. The van der Waals surface area contributed by atoms with Crippen LogP contribution in [0.4, 0.5) is 0 Å². The summed E-state index contributed by atoms with van der Waals surface area (Å²) in [5, 5.41) is 0. The smallest absolute Gasteiger partial charge is 0.276 e. The van der Waals surface area contributed by atoms with Gasteiger partial charge in [0.2, 0.25) is 6.33 Å². The minimum Gasteiger partial charge on any atom is -0.291 e. The predicted molar refractivity (Wildman–Crippen MR) is 69.4 cm³/mol. The van der Waals surface area contributed by atoms with E-state index in [0.29, 0.717) is 0 Å². The number of aryl methyl sites for hydroxylation is 1. The topological polar surface area (TPSA) is 63.9 Å². The number of hydrogen-bond acceptors (Lipinski definition) is 2. The molecule has 0 saturated carbocycles. The Morgan fingerprint density at radius 3 is 2.94 bits per heavy atom. The van der Waals surface area contributed by atoms with E-state index < -0.39 is 0 Å². The van der Waals surface area contributed by atoms with Crippen LogP contribution in [0, 0.1) is 0 Å². The highest BCUT2D eigenvalue weighted by atomic mass is 16.2. The van der Waals surface area contributed by atoms with Gasteiger partial charge in [-0.3, -0.25) is 10.2 Å². The molecule has 5 heteroatoms. The molecule has 1 amide bonds. The first-order valence-corrected chi connectivity index (χ1v) is 6.23. The fraction of sp³-hybridized carbons (Fsp3) is 0.385. The molecule has 0 fully saturated rings. The normalized spacial score (nSPS) is 10.8. The number of fused-ring (bicyclic) bond motifs is 1. The molecular weight excluding hydrogens is 228 g/mol. The van der Waals surface area contributed by atoms with Gasteiger partial charge in [-0.05, 0) is 18.6 Å². The molecule has 2 aromatic rings. The second kappa shape index (κ2) is 5.64. The van der Waals surface area contributed by atoms with Crippen molar-refractivity contribution >= 4 is 16.9 Å². The van der Waals surface area contributed by atoms with Crippen LogP contribution >= 0.6 is 0 Å². The Morgan fingerprint density at radius 2 is 2.22 bits per heavy atom. The molecule has 0 aliphatic heterocycles. The van der Waals surface area contributed by atoms with E-state index in [1.165, 1.54) is 0 Å². The first-order valence-electron chi connectivity index (χ1n) is 6.23. The predicted octanol–water partition coefficient (Wildman–Crippen LogP) is 0.719. The minimum absolute atomic E-state index is 0.196. The maximum atomic E-state index is 11.4. The van der Waals surface area contributed by atoms with E-state index in [1.54, 1.807) is 0 Å². The van der Waals surface area contributed by atoms with Crippen LogP contribution in [0.2, 0.25) is 0 Å². The number of carbonyl (C=O) groups is 1. The number of imidazole rings is 1. The fourth-order valence-corrected chi connectivity index (χ4v) is 2.08. The van der Waals surface area contributed by atoms with Gasteiger partial charge in [0.15, 0.2) is 17.6 Å². The summed E-state index contributed by atoms with van der Waals surface area (Å²) in [6.07, 6.45) is 4.26. The molecule has 5 nitrogen and oxygen atoms in total. The Kier molecular flexibility index (Phi) is 3.94.